The SMILES string of the molecule is CCCCC/C=C\C/C=C\C/C=C\C/C=C\CCCC(=O)O[Si](C)(C)C(C)(C)C. The fourth-order valence-electron chi connectivity index (χ4n) is 2.41. The van der Waals surface area contributed by atoms with Crippen molar-refractivity contribution >= 4 is 14.3 Å². The van der Waals surface area contributed by atoms with Crippen LogP contribution in [0.5, 0.6) is 0 Å². The van der Waals surface area contributed by atoms with Gasteiger partial charge in [-0.1, -0.05) is 89.1 Å². The molecular weight excluding hydrogens is 372 g/mol. The van der Waals surface area contributed by atoms with E-state index >= 15 is 0 Å². The van der Waals surface area contributed by atoms with Crippen LogP contribution in [0, 0.1) is 0 Å². The van der Waals surface area contributed by atoms with E-state index in [1.54, 1.807) is 0 Å². The number of carbonyl (C=O) groups is 1. The molecular formula is C26H46O2Si. The molecule has 0 unspecified atom stereocenters. The number of unbranched alkanes of at least 4 members (excludes halogenated alkanes) is 4. The molecule has 0 aromatic carbocycles. The summed E-state index contributed by atoms with van der Waals surface area (Å²) >= 11 is 0. The van der Waals surface area contributed by atoms with Gasteiger partial charge in [0.05, 0.1) is 0 Å². The number of allylic oxidation sites excluding steroid dienone is 8. The monoisotopic (exact) mass is 418 g/mol. The van der Waals surface area contributed by atoms with Crippen molar-refractivity contribution in [1.82, 2.24) is 0 Å². The van der Waals surface area contributed by atoms with Gasteiger partial charge in [-0.15, -0.1) is 0 Å². The summed E-state index contributed by atoms with van der Waals surface area (Å²) in [6.45, 7) is 13.0. The van der Waals surface area contributed by atoms with E-state index in [0.717, 1.165) is 32.1 Å². The lowest BCUT2D eigenvalue weighted by Crippen LogP contribution is -2.42. The van der Waals surface area contributed by atoms with Gasteiger partial charge in [-0.25, -0.2) is 0 Å². The third-order valence-corrected chi connectivity index (χ3v) is 9.73. The van der Waals surface area contributed by atoms with Crippen molar-refractivity contribution in [1.29, 1.82) is 0 Å². The molecule has 0 atom stereocenters. The second-order valence-electron chi connectivity index (χ2n) is 9.22. The zero-order valence-corrected chi connectivity index (χ0v) is 21.0. The van der Waals surface area contributed by atoms with Gasteiger partial charge in [-0.05, 0) is 63.1 Å². The maximum absolute atomic E-state index is 12.0. The third kappa shape index (κ3) is 16.2. The van der Waals surface area contributed by atoms with Gasteiger partial charge in [-0.2, -0.15) is 0 Å². The Morgan fingerprint density at radius 3 is 1.66 bits per heavy atom. The number of hydrogen-bond donors (Lipinski definition) is 0. The molecule has 0 spiro atoms. The molecule has 0 N–H and O–H groups in total. The van der Waals surface area contributed by atoms with E-state index in [4.69, 9.17) is 4.43 Å². The Morgan fingerprint density at radius 2 is 1.21 bits per heavy atom. The van der Waals surface area contributed by atoms with E-state index in [2.05, 4.69) is 89.4 Å². The van der Waals surface area contributed by atoms with Gasteiger partial charge in [0.2, 0.25) is 0 Å². The fraction of sp³-hybridized carbons (Fsp3) is 0.654. The van der Waals surface area contributed by atoms with Crippen molar-refractivity contribution in [3.05, 3.63) is 48.6 Å². The topological polar surface area (TPSA) is 26.3 Å². The minimum Gasteiger partial charge on any atom is -0.519 e. The zero-order chi connectivity index (χ0) is 22.0. The highest BCUT2D eigenvalue weighted by Crippen LogP contribution is 2.36. The average molecular weight is 419 g/mol. The van der Waals surface area contributed by atoms with Gasteiger partial charge in [-0.3, -0.25) is 4.79 Å². The van der Waals surface area contributed by atoms with E-state index in [0.29, 0.717) is 6.42 Å². The van der Waals surface area contributed by atoms with Crippen molar-refractivity contribution in [3.8, 4) is 0 Å². The summed E-state index contributed by atoms with van der Waals surface area (Å²) in [5.74, 6) is -0.0347. The molecule has 0 rings (SSSR count). The van der Waals surface area contributed by atoms with Crippen LogP contribution in [0.4, 0.5) is 0 Å². The van der Waals surface area contributed by atoms with E-state index in [1.165, 1.54) is 25.7 Å². The molecule has 0 aromatic rings. The molecule has 0 aliphatic rings. The molecule has 0 radical (unpaired) electrons. The van der Waals surface area contributed by atoms with Crippen LogP contribution in [-0.4, -0.2) is 14.3 Å². The van der Waals surface area contributed by atoms with Crippen molar-refractivity contribution in [2.24, 2.45) is 0 Å². The van der Waals surface area contributed by atoms with Gasteiger partial charge in [0.25, 0.3) is 14.3 Å². The van der Waals surface area contributed by atoms with Crippen molar-refractivity contribution in [2.45, 2.75) is 110 Å². The molecule has 0 fully saturated rings. The Hall–Kier alpha value is -1.35. The highest BCUT2D eigenvalue weighted by Gasteiger charge is 2.40. The van der Waals surface area contributed by atoms with Crippen molar-refractivity contribution < 1.29 is 9.22 Å². The Labute approximate surface area is 182 Å². The summed E-state index contributed by atoms with van der Waals surface area (Å²) in [6, 6.07) is 0. The van der Waals surface area contributed by atoms with Gasteiger partial charge < -0.3 is 4.43 Å². The maximum atomic E-state index is 12.0. The van der Waals surface area contributed by atoms with Crippen LogP contribution in [0.1, 0.15) is 91.9 Å². The van der Waals surface area contributed by atoms with E-state index in [-0.39, 0.29) is 11.0 Å². The van der Waals surface area contributed by atoms with Crippen LogP contribution in [0.3, 0.4) is 0 Å². The van der Waals surface area contributed by atoms with Crippen molar-refractivity contribution in [3.63, 3.8) is 0 Å². The first-order chi connectivity index (χ1) is 13.7. The van der Waals surface area contributed by atoms with E-state index in [9.17, 15) is 4.79 Å². The minimum atomic E-state index is -1.97. The zero-order valence-electron chi connectivity index (χ0n) is 20.0. The first kappa shape index (κ1) is 27.6. The van der Waals surface area contributed by atoms with Crippen LogP contribution in [0.2, 0.25) is 18.1 Å². The lowest BCUT2D eigenvalue weighted by atomic mass is 10.2. The summed E-state index contributed by atoms with van der Waals surface area (Å²) in [6.07, 6.45) is 28.3. The predicted octanol–water partition coefficient (Wildman–Crippen LogP) is 8.68. The summed E-state index contributed by atoms with van der Waals surface area (Å²) in [7, 11) is -1.97. The predicted molar refractivity (Wildman–Crippen MR) is 132 cm³/mol. The largest absolute Gasteiger partial charge is 0.519 e. The van der Waals surface area contributed by atoms with E-state index < -0.39 is 8.32 Å². The highest BCUT2D eigenvalue weighted by atomic mass is 28.4. The Morgan fingerprint density at radius 1 is 0.759 bits per heavy atom. The first-order valence-corrected chi connectivity index (χ1v) is 14.4. The van der Waals surface area contributed by atoms with Crippen LogP contribution < -0.4 is 0 Å². The fourth-order valence-corrected chi connectivity index (χ4v) is 3.39. The smallest absolute Gasteiger partial charge is 0.292 e. The van der Waals surface area contributed by atoms with Gasteiger partial charge in [0.1, 0.15) is 0 Å². The quantitative estimate of drug-likeness (QED) is 0.151. The molecule has 0 amide bonds. The van der Waals surface area contributed by atoms with Crippen LogP contribution in [-0.2, 0) is 9.22 Å². The normalized spacial score (nSPS) is 13.4. The molecule has 29 heavy (non-hydrogen) atoms. The summed E-state index contributed by atoms with van der Waals surface area (Å²) < 4.78 is 5.79. The van der Waals surface area contributed by atoms with Crippen LogP contribution in [0.25, 0.3) is 0 Å². The van der Waals surface area contributed by atoms with Gasteiger partial charge in [0, 0.05) is 6.42 Å². The minimum absolute atomic E-state index is 0.0347. The second kappa shape index (κ2) is 16.4. The maximum Gasteiger partial charge on any atom is 0.292 e. The van der Waals surface area contributed by atoms with Gasteiger partial charge in [0.15, 0.2) is 0 Å². The highest BCUT2D eigenvalue weighted by molar-refractivity contribution is 6.75. The molecule has 0 bridgehead atoms. The second-order valence-corrected chi connectivity index (χ2v) is 13.9. The first-order valence-electron chi connectivity index (χ1n) is 11.5. The third-order valence-electron chi connectivity index (χ3n) is 5.38. The lowest BCUT2D eigenvalue weighted by molar-refractivity contribution is -0.135. The van der Waals surface area contributed by atoms with Crippen LogP contribution in [0.15, 0.2) is 48.6 Å². The lowest BCUT2D eigenvalue weighted by Gasteiger charge is -2.35. The molecule has 0 aromatic heterocycles. The Kier molecular flexibility index (Phi) is 15.7. The number of rotatable bonds is 15. The summed E-state index contributed by atoms with van der Waals surface area (Å²) in [5, 5.41) is 0.0784. The molecule has 0 heterocycles. The van der Waals surface area contributed by atoms with Gasteiger partial charge >= 0.3 is 0 Å². The number of carbonyl (C=O) groups excluding carboxylic acids is 1. The molecule has 0 aliphatic heterocycles. The Balaban J connectivity index is 3.71. The molecule has 0 aliphatic carbocycles. The summed E-state index contributed by atoms with van der Waals surface area (Å²) in [5.41, 5.74) is 0. The average Bonchev–Trinajstić information content (AvgIpc) is 2.63. The molecule has 0 saturated carbocycles. The Bertz CT molecular complexity index is 533. The molecule has 3 heteroatoms. The molecule has 0 saturated heterocycles. The number of hydrogen-bond acceptors (Lipinski definition) is 2. The van der Waals surface area contributed by atoms with Crippen LogP contribution >= 0.6 is 0 Å². The molecule has 166 valence electrons. The molecule has 2 nitrogen and oxygen atoms in total. The van der Waals surface area contributed by atoms with Crippen molar-refractivity contribution in [2.75, 3.05) is 0 Å². The standard InChI is InChI=1S/C26H46O2Si/c1-7-8-9-10-11-12-13-14-15-16-17-18-19-20-21-22-23-24-25(27)28-29(5,6)26(2,3)4/h11-12,14-15,17-18,20-21H,7-10,13,16,19,22-24H2,1-6H3/b12-11-,15-14-,18-17-,21-20-. The summed E-state index contributed by atoms with van der Waals surface area (Å²) in [4.78, 5) is 12.0. The van der Waals surface area contributed by atoms with E-state index in [1.807, 2.05) is 0 Å².